The van der Waals surface area contributed by atoms with Crippen molar-refractivity contribution < 1.29 is 19.1 Å². The molecule has 9 nitrogen and oxygen atoms in total. The fourth-order valence-corrected chi connectivity index (χ4v) is 4.46. The number of methoxy groups -OCH3 is 2. The summed E-state index contributed by atoms with van der Waals surface area (Å²) in [6.45, 7) is 4.16. The highest BCUT2D eigenvalue weighted by Crippen LogP contribution is 2.35. The summed E-state index contributed by atoms with van der Waals surface area (Å²) in [5.41, 5.74) is 3.58. The molecule has 35 heavy (non-hydrogen) atoms. The van der Waals surface area contributed by atoms with Crippen LogP contribution >= 0.6 is 0 Å². The molecular weight excluding hydrogens is 446 g/mol. The van der Waals surface area contributed by atoms with Gasteiger partial charge in [-0.1, -0.05) is 12.6 Å². The lowest BCUT2D eigenvalue weighted by molar-refractivity contribution is -0.126. The summed E-state index contributed by atoms with van der Waals surface area (Å²) in [5.74, 6) is 1.98. The first kappa shape index (κ1) is 22.4. The minimum absolute atomic E-state index is 0.150. The van der Waals surface area contributed by atoms with Crippen molar-refractivity contribution in [3.8, 4) is 22.9 Å². The van der Waals surface area contributed by atoms with Crippen LogP contribution in [0, 0.1) is 0 Å². The summed E-state index contributed by atoms with van der Waals surface area (Å²) >= 11 is 0. The Hall–Kier alpha value is -4.40. The zero-order chi connectivity index (χ0) is 24.5. The van der Waals surface area contributed by atoms with Gasteiger partial charge in [0.05, 0.1) is 19.8 Å². The Morgan fingerprint density at radius 3 is 2.74 bits per heavy atom. The van der Waals surface area contributed by atoms with E-state index in [0.29, 0.717) is 53.8 Å². The molecule has 0 radical (unpaired) electrons. The molecule has 0 saturated carbocycles. The fourth-order valence-electron chi connectivity index (χ4n) is 4.46. The maximum absolute atomic E-state index is 13.1. The number of nitrogens with one attached hydrogen (secondary N) is 2. The lowest BCUT2D eigenvalue weighted by Gasteiger charge is -2.31. The number of hydrogen-bond donors (Lipinski definition) is 2. The molecule has 2 aliphatic heterocycles. The molecule has 5 rings (SSSR count). The van der Waals surface area contributed by atoms with Crippen molar-refractivity contribution in [3.63, 3.8) is 0 Å². The second kappa shape index (κ2) is 9.09. The smallest absolute Gasteiger partial charge is 0.255 e. The molecule has 3 aromatic rings. The number of hydrogen-bond acceptors (Lipinski definition) is 7. The van der Waals surface area contributed by atoms with Crippen molar-refractivity contribution in [1.82, 2.24) is 20.2 Å². The fraction of sp³-hybridized carbons (Fsp3) is 0.231. The van der Waals surface area contributed by atoms with Crippen LogP contribution in [0.25, 0.3) is 11.4 Å². The molecule has 0 spiro atoms. The molecule has 1 unspecified atom stereocenters. The number of carbonyl (C=O) groups is 2. The minimum atomic E-state index is -0.513. The number of benzene rings is 2. The van der Waals surface area contributed by atoms with Gasteiger partial charge >= 0.3 is 0 Å². The summed E-state index contributed by atoms with van der Waals surface area (Å²) < 4.78 is 10.8. The number of nitrogens with zero attached hydrogens (tertiary/aromatic N) is 3. The number of ether oxygens (including phenoxy) is 2. The van der Waals surface area contributed by atoms with Crippen molar-refractivity contribution >= 4 is 23.3 Å². The summed E-state index contributed by atoms with van der Waals surface area (Å²) in [7, 11) is 3.18. The van der Waals surface area contributed by atoms with Gasteiger partial charge in [-0.15, -0.1) is 0 Å². The van der Waals surface area contributed by atoms with Gasteiger partial charge in [0.25, 0.3) is 5.91 Å². The van der Waals surface area contributed by atoms with Gasteiger partial charge in [0.15, 0.2) is 5.82 Å². The molecule has 9 heteroatoms. The summed E-state index contributed by atoms with van der Waals surface area (Å²) in [4.78, 5) is 36.3. The van der Waals surface area contributed by atoms with Gasteiger partial charge in [0.1, 0.15) is 23.4 Å². The lowest BCUT2D eigenvalue weighted by Crippen LogP contribution is -2.49. The summed E-state index contributed by atoms with van der Waals surface area (Å²) in [6.07, 6.45) is 2.88. The highest BCUT2D eigenvalue weighted by atomic mass is 16.5. The summed E-state index contributed by atoms with van der Waals surface area (Å²) in [6, 6.07) is 12.2. The van der Waals surface area contributed by atoms with Gasteiger partial charge in [-0.05, 0) is 43.2 Å². The molecule has 178 valence electrons. The second-order valence-corrected chi connectivity index (χ2v) is 8.37. The molecule has 0 bridgehead atoms. The molecule has 1 aromatic heterocycles. The third kappa shape index (κ3) is 4.16. The van der Waals surface area contributed by atoms with Crippen LogP contribution < -0.4 is 20.1 Å². The van der Waals surface area contributed by atoms with E-state index in [4.69, 9.17) is 9.47 Å². The highest BCUT2D eigenvalue weighted by molar-refractivity contribution is 6.03. The third-order valence-corrected chi connectivity index (χ3v) is 6.26. The molecule has 1 fully saturated rings. The first-order valence-electron chi connectivity index (χ1n) is 11.2. The Labute approximate surface area is 202 Å². The average molecular weight is 472 g/mol. The van der Waals surface area contributed by atoms with E-state index in [0.717, 1.165) is 16.8 Å². The Bertz CT molecular complexity index is 1340. The van der Waals surface area contributed by atoms with Crippen LogP contribution in [-0.2, 0) is 11.3 Å². The number of piperidine rings is 1. The van der Waals surface area contributed by atoms with E-state index in [9.17, 15) is 9.59 Å². The van der Waals surface area contributed by atoms with E-state index in [2.05, 4.69) is 27.2 Å². The monoisotopic (exact) mass is 471 g/mol. The van der Waals surface area contributed by atoms with Crippen molar-refractivity contribution in [3.05, 3.63) is 72.1 Å². The zero-order valence-corrected chi connectivity index (χ0v) is 19.5. The lowest BCUT2D eigenvalue weighted by atomic mass is 10.0. The maximum atomic E-state index is 13.1. The number of aromatic nitrogens is 2. The maximum Gasteiger partial charge on any atom is 0.255 e. The largest absolute Gasteiger partial charge is 0.497 e. The SMILES string of the molecule is C=C1CCC(N2Cc3c(Nc4ccnc(-c5ccc(OC)cc5OC)n4)cccc3C2=O)C(=O)N1. The predicted octanol–water partition coefficient (Wildman–Crippen LogP) is 3.65. The Balaban J connectivity index is 1.42. The van der Waals surface area contributed by atoms with Crippen molar-refractivity contribution in [2.24, 2.45) is 0 Å². The first-order chi connectivity index (χ1) is 17.0. The predicted molar refractivity (Wildman–Crippen MR) is 130 cm³/mol. The van der Waals surface area contributed by atoms with E-state index in [1.54, 1.807) is 43.5 Å². The average Bonchev–Trinajstić information content (AvgIpc) is 3.21. The second-order valence-electron chi connectivity index (χ2n) is 8.37. The van der Waals surface area contributed by atoms with Gasteiger partial charge in [-0.3, -0.25) is 9.59 Å². The van der Waals surface area contributed by atoms with Gasteiger partial charge in [0.2, 0.25) is 5.91 Å². The summed E-state index contributed by atoms with van der Waals surface area (Å²) in [5, 5.41) is 6.09. The van der Waals surface area contributed by atoms with Gasteiger partial charge in [-0.25, -0.2) is 9.97 Å². The molecule has 2 aliphatic rings. The van der Waals surface area contributed by atoms with Crippen molar-refractivity contribution in [1.29, 1.82) is 0 Å². The zero-order valence-electron chi connectivity index (χ0n) is 19.5. The van der Waals surface area contributed by atoms with Gasteiger partial charge in [0, 0.05) is 41.3 Å². The minimum Gasteiger partial charge on any atom is -0.497 e. The first-order valence-corrected chi connectivity index (χ1v) is 11.2. The molecule has 2 N–H and O–H groups in total. The number of fused-ring (bicyclic) bond motifs is 1. The topological polar surface area (TPSA) is 106 Å². The number of carbonyl (C=O) groups excluding carboxylic acids is 2. The third-order valence-electron chi connectivity index (χ3n) is 6.26. The van der Waals surface area contributed by atoms with Gasteiger partial charge in [-0.2, -0.15) is 0 Å². The Morgan fingerprint density at radius 2 is 1.97 bits per heavy atom. The number of rotatable bonds is 6. The van der Waals surface area contributed by atoms with Crippen LogP contribution in [0.2, 0.25) is 0 Å². The van der Waals surface area contributed by atoms with Gasteiger partial charge < -0.3 is 25.0 Å². The standard InChI is InChI=1S/C26H25N5O4/c1-15-7-10-21(25(32)28-15)31-14-19-17(26(31)33)5-4-6-20(19)29-23-11-12-27-24(30-23)18-9-8-16(34-2)13-22(18)35-3/h4-6,8-9,11-13,21H,1,7,10,14H2,2-3H3,(H,28,32)(H,27,29,30). The number of allylic oxidation sites excluding steroid dienone is 1. The van der Waals surface area contributed by atoms with Crippen LogP contribution in [0.4, 0.5) is 11.5 Å². The van der Waals surface area contributed by atoms with E-state index >= 15 is 0 Å². The van der Waals surface area contributed by atoms with Crippen LogP contribution in [-0.4, -0.2) is 46.9 Å². The van der Waals surface area contributed by atoms with Crippen LogP contribution in [0.1, 0.15) is 28.8 Å². The number of amides is 2. The van der Waals surface area contributed by atoms with E-state index < -0.39 is 6.04 Å². The van der Waals surface area contributed by atoms with Crippen LogP contribution in [0.3, 0.4) is 0 Å². The molecule has 2 aromatic carbocycles. The molecular formula is C26H25N5O4. The van der Waals surface area contributed by atoms with E-state index in [-0.39, 0.29) is 11.8 Å². The van der Waals surface area contributed by atoms with E-state index in [1.807, 2.05) is 24.3 Å². The van der Waals surface area contributed by atoms with Crippen molar-refractivity contribution in [2.75, 3.05) is 19.5 Å². The normalized spacial score (nSPS) is 17.1. The van der Waals surface area contributed by atoms with E-state index in [1.165, 1.54) is 0 Å². The molecule has 2 amide bonds. The Morgan fingerprint density at radius 1 is 1.11 bits per heavy atom. The number of anilines is 2. The highest BCUT2D eigenvalue weighted by Gasteiger charge is 2.39. The van der Waals surface area contributed by atoms with Crippen molar-refractivity contribution in [2.45, 2.75) is 25.4 Å². The quantitative estimate of drug-likeness (QED) is 0.565. The molecule has 3 heterocycles. The molecule has 1 saturated heterocycles. The Kier molecular flexibility index (Phi) is 5.82. The molecule has 1 atom stereocenters. The van der Waals surface area contributed by atoms with Crippen LogP contribution in [0.5, 0.6) is 11.5 Å². The molecule has 0 aliphatic carbocycles. The van der Waals surface area contributed by atoms with Crippen LogP contribution in [0.15, 0.2) is 60.9 Å².